The summed E-state index contributed by atoms with van der Waals surface area (Å²) in [6.07, 6.45) is -1.35. The molecule has 1 amide bonds. The second-order valence-electron chi connectivity index (χ2n) is 6.87. The van der Waals surface area contributed by atoms with Crippen molar-refractivity contribution in [2.75, 3.05) is 10.6 Å². The number of aromatic nitrogens is 2. The Morgan fingerprint density at radius 2 is 1.83 bits per heavy atom. The number of anilines is 2. The molecular weight excluding hydrogens is 397 g/mol. The Hall–Kier alpha value is -3.62. The van der Waals surface area contributed by atoms with Crippen molar-refractivity contribution in [3.05, 3.63) is 71.5 Å². The summed E-state index contributed by atoms with van der Waals surface area (Å²) in [5, 5.41) is 5.74. The first-order valence-corrected chi connectivity index (χ1v) is 9.12. The summed E-state index contributed by atoms with van der Waals surface area (Å²) in [7, 11) is 0. The fourth-order valence-electron chi connectivity index (χ4n) is 3.30. The molecule has 0 spiro atoms. The van der Waals surface area contributed by atoms with Crippen LogP contribution in [0.4, 0.5) is 24.5 Å². The number of hydrogen-bond donors (Lipinski definition) is 2. The number of carbonyl (C=O) groups excluding carboxylic acids is 1. The van der Waals surface area contributed by atoms with Crippen LogP contribution in [0.5, 0.6) is 11.8 Å². The van der Waals surface area contributed by atoms with Crippen LogP contribution < -0.4 is 15.4 Å². The first-order chi connectivity index (χ1) is 14.3. The predicted molar refractivity (Wildman–Crippen MR) is 104 cm³/mol. The molecule has 1 atom stereocenters. The highest BCUT2D eigenvalue weighted by Crippen LogP contribution is 2.40. The normalized spacial score (nSPS) is 16.1. The summed E-state index contributed by atoms with van der Waals surface area (Å²) in [4.78, 5) is 20.4. The highest BCUT2D eigenvalue weighted by atomic mass is 19.4. The number of halogens is 3. The SMILES string of the molecule is Cc1cc2c(cc1C(F)(F)F)NC(=O)CC(c1cccc(Oc3ncccn3)c1)N2. The van der Waals surface area contributed by atoms with Crippen molar-refractivity contribution in [1.82, 2.24) is 9.97 Å². The van der Waals surface area contributed by atoms with Crippen molar-refractivity contribution in [2.45, 2.75) is 25.6 Å². The second-order valence-corrected chi connectivity index (χ2v) is 6.87. The first kappa shape index (κ1) is 19.7. The van der Waals surface area contributed by atoms with Crippen molar-refractivity contribution >= 4 is 17.3 Å². The topological polar surface area (TPSA) is 76.1 Å². The monoisotopic (exact) mass is 414 g/mol. The molecule has 2 heterocycles. The van der Waals surface area contributed by atoms with E-state index in [9.17, 15) is 18.0 Å². The quantitative estimate of drug-likeness (QED) is 0.624. The molecule has 30 heavy (non-hydrogen) atoms. The highest BCUT2D eigenvalue weighted by molar-refractivity contribution is 5.97. The first-order valence-electron chi connectivity index (χ1n) is 9.12. The molecule has 2 N–H and O–H groups in total. The van der Waals surface area contributed by atoms with Gasteiger partial charge in [-0.05, 0) is 48.4 Å². The molecule has 0 fully saturated rings. The van der Waals surface area contributed by atoms with Crippen molar-refractivity contribution in [1.29, 1.82) is 0 Å². The van der Waals surface area contributed by atoms with E-state index >= 15 is 0 Å². The number of hydrogen-bond acceptors (Lipinski definition) is 5. The van der Waals surface area contributed by atoms with Gasteiger partial charge < -0.3 is 15.4 Å². The third-order valence-electron chi connectivity index (χ3n) is 4.67. The molecule has 0 aliphatic carbocycles. The van der Waals surface area contributed by atoms with Crippen molar-refractivity contribution in [2.24, 2.45) is 0 Å². The number of alkyl halides is 3. The Labute approximate surface area is 170 Å². The molecule has 0 bridgehead atoms. The molecule has 1 aliphatic heterocycles. The lowest BCUT2D eigenvalue weighted by Gasteiger charge is -2.19. The summed E-state index contributed by atoms with van der Waals surface area (Å²) in [6, 6.07) is 10.8. The number of benzene rings is 2. The van der Waals surface area contributed by atoms with Crippen LogP contribution in [0.25, 0.3) is 0 Å². The van der Waals surface area contributed by atoms with Crippen LogP contribution in [-0.4, -0.2) is 15.9 Å². The summed E-state index contributed by atoms with van der Waals surface area (Å²) in [6.45, 7) is 1.39. The summed E-state index contributed by atoms with van der Waals surface area (Å²) < 4.78 is 45.3. The minimum Gasteiger partial charge on any atom is -0.424 e. The van der Waals surface area contributed by atoms with Gasteiger partial charge in [-0.1, -0.05) is 12.1 Å². The van der Waals surface area contributed by atoms with Crippen LogP contribution in [-0.2, 0) is 11.0 Å². The van der Waals surface area contributed by atoms with Gasteiger partial charge in [-0.25, -0.2) is 9.97 Å². The van der Waals surface area contributed by atoms with Gasteiger partial charge in [0.05, 0.1) is 29.4 Å². The molecule has 6 nitrogen and oxygen atoms in total. The fraction of sp³-hybridized carbons (Fsp3) is 0.190. The average molecular weight is 414 g/mol. The molecule has 4 rings (SSSR count). The number of fused-ring (bicyclic) bond motifs is 1. The van der Waals surface area contributed by atoms with Gasteiger partial charge in [-0.2, -0.15) is 13.2 Å². The number of aryl methyl sites for hydroxylation is 1. The van der Waals surface area contributed by atoms with E-state index in [0.717, 1.165) is 11.6 Å². The number of amides is 1. The van der Waals surface area contributed by atoms with Gasteiger partial charge in [0.25, 0.3) is 0 Å². The van der Waals surface area contributed by atoms with E-state index in [4.69, 9.17) is 4.74 Å². The van der Waals surface area contributed by atoms with Gasteiger partial charge in [0, 0.05) is 12.4 Å². The molecular formula is C21H17F3N4O2. The number of rotatable bonds is 3. The van der Waals surface area contributed by atoms with Gasteiger partial charge in [-0.15, -0.1) is 0 Å². The highest BCUT2D eigenvalue weighted by Gasteiger charge is 2.34. The third-order valence-corrected chi connectivity index (χ3v) is 4.67. The van der Waals surface area contributed by atoms with E-state index in [-0.39, 0.29) is 29.6 Å². The zero-order chi connectivity index (χ0) is 21.3. The van der Waals surface area contributed by atoms with Crippen LogP contribution in [0.3, 0.4) is 0 Å². The fourth-order valence-corrected chi connectivity index (χ4v) is 3.30. The van der Waals surface area contributed by atoms with E-state index < -0.39 is 17.8 Å². The molecule has 1 unspecified atom stereocenters. The van der Waals surface area contributed by atoms with Crippen LogP contribution in [0.2, 0.25) is 0 Å². The Morgan fingerprint density at radius 1 is 1.07 bits per heavy atom. The van der Waals surface area contributed by atoms with E-state index in [2.05, 4.69) is 20.6 Å². The Bertz CT molecular complexity index is 1090. The van der Waals surface area contributed by atoms with Gasteiger partial charge in [-0.3, -0.25) is 4.79 Å². The third kappa shape index (κ3) is 4.19. The molecule has 0 radical (unpaired) electrons. The minimum atomic E-state index is -4.50. The van der Waals surface area contributed by atoms with Crippen LogP contribution in [0, 0.1) is 6.92 Å². The average Bonchev–Trinajstić information content (AvgIpc) is 2.85. The molecule has 9 heteroatoms. The van der Waals surface area contributed by atoms with Crippen molar-refractivity contribution in [3.63, 3.8) is 0 Å². The van der Waals surface area contributed by atoms with E-state index in [1.54, 1.807) is 36.7 Å². The maximum atomic E-state index is 13.2. The zero-order valence-corrected chi connectivity index (χ0v) is 15.8. The summed E-state index contributed by atoms with van der Waals surface area (Å²) in [5.74, 6) is 0.0925. The van der Waals surface area contributed by atoms with E-state index in [1.807, 2.05) is 6.07 Å². The Balaban J connectivity index is 1.64. The standard InChI is InChI=1S/C21H17F3N4O2/c1-12-8-17-18(10-15(12)21(22,23)24)28-19(29)11-16(27-17)13-4-2-5-14(9-13)30-20-25-6-3-7-26-20/h2-10,16,27H,11H2,1H3,(H,28,29). The van der Waals surface area contributed by atoms with E-state index in [0.29, 0.717) is 11.4 Å². The zero-order valence-electron chi connectivity index (χ0n) is 15.8. The van der Waals surface area contributed by atoms with Gasteiger partial charge in [0.1, 0.15) is 5.75 Å². The predicted octanol–water partition coefficient (Wildman–Crippen LogP) is 5.09. The van der Waals surface area contributed by atoms with Gasteiger partial charge >= 0.3 is 12.2 Å². The molecule has 0 saturated heterocycles. The molecule has 1 aromatic heterocycles. The molecule has 0 saturated carbocycles. The molecule has 154 valence electrons. The minimum absolute atomic E-state index is 0.0420. The van der Waals surface area contributed by atoms with Crippen LogP contribution in [0.15, 0.2) is 54.9 Å². The maximum Gasteiger partial charge on any atom is 0.416 e. The number of carbonyl (C=O) groups is 1. The second kappa shape index (κ2) is 7.66. The molecule has 1 aliphatic rings. The number of ether oxygens (including phenoxy) is 1. The Kier molecular flexibility index (Phi) is 5.03. The number of nitrogens with one attached hydrogen (secondary N) is 2. The number of nitrogens with zero attached hydrogens (tertiary/aromatic N) is 2. The lowest BCUT2D eigenvalue weighted by Crippen LogP contribution is -2.15. The smallest absolute Gasteiger partial charge is 0.416 e. The maximum absolute atomic E-state index is 13.2. The Morgan fingerprint density at radius 3 is 2.57 bits per heavy atom. The van der Waals surface area contributed by atoms with Crippen LogP contribution >= 0.6 is 0 Å². The van der Waals surface area contributed by atoms with Crippen molar-refractivity contribution < 1.29 is 22.7 Å². The van der Waals surface area contributed by atoms with Gasteiger partial charge in [0.2, 0.25) is 5.91 Å². The van der Waals surface area contributed by atoms with Crippen LogP contribution in [0.1, 0.15) is 29.2 Å². The molecule has 2 aromatic carbocycles. The lowest BCUT2D eigenvalue weighted by molar-refractivity contribution is -0.138. The van der Waals surface area contributed by atoms with Crippen molar-refractivity contribution in [3.8, 4) is 11.8 Å². The summed E-state index contributed by atoms with van der Waals surface area (Å²) in [5.41, 5.74) is 0.561. The van der Waals surface area contributed by atoms with E-state index in [1.165, 1.54) is 13.0 Å². The lowest BCUT2D eigenvalue weighted by atomic mass is 10.0. The van der Waals surface area contributed by atoms with Gasteiger partial charge in [0.15, 0.2) is 0 Å². The molecule has 3 aromatic rings. The summed E-state index contributed by atoms with van der Waals surface area (Å²) >= 11 is 0. The largest absolute Gasteiger partial charge is 0.424 e.